The highest BCUT2D eigenvalue weighted by Gasteiger charge is 2.10. The molecule has 3 N–H and O–H groups in total. The van der Waals surface area contributed by atoms with Crippen molar-refractivity contribution in [2.24, 2.45) is 0 Å². The molecule has 0 saturated heterocycles. The molecule has 1 aromatic heterocycles. The van der Waals surface area contributed by atoms with Crippen molar-refractivity contribution in [1.29, 1.82) is 0 Å². The Morgan fingerprint density at radius 2 is 2.17 bits per heavy atom. The van der Waals surface area contributed by atoms with E-state index < -0.39 is 5.97 Å². The van der Waals surface area contributed by atoms with Crippen molar-refractivity contribution in [3.05, 3.63) is 47.3 Å². The lowest BCUT2D eigenvalue weighted by molar-refractivity contribution is -0.136. The van der Waals surface area contributed by atoms with Gasteiger partial charge in [0.2, 0.25) is 0 Å². The number of H-pyrrole nitrogens is 1. The minimum absolute atomic E-state index is 0.153. The number of carboxylic acid groups (broad SMARTS) is 1. The molecule has 0 spiro atoms. The lowest BCUT2D eigenvalue weighted by Gasteiger charge is -2.06. The SMILES string of the molecule is CCc1cc(C(=O)Nc2cccc(CSCCC(=O)O)c2)n[nH]1. The maximum absolute atomic E-state index is 12.1. The lowest BCUT2D eigenvalue weighted by Crippen LogP contribution is -2.12. The number of thioether (sulfide) groups is 1. The van der Waals surface area contributed by atoms with Crippen LogP contribution in [0.15, 0.2) is 30.3 Å². The molecule has 0 atom stereocenters. The summed E-state index contributed by atoms with van der Waals surface area (Å²) in [6, 6.07) is 9.26. The fourth-order valence-electron chi connectivity index (χ4n) is 1.94. The molecule has 1 amide bonds. The van der Waals surface area contributed by atoms with Gasteiger partial charge in [-0.15, -0.1) is 0 Å². The maximum atomic E-state index is 12.1. The third-order valence-electron chi connectivity index (χ3n) is 3.16. The van der Waals surface area contributed by atoms with Gasteiger partial charge >= 0.3 is 5.97 Å². The van der Waals surface area contributed by atoms with Crippen molar-refractivity contribution in [2.45, 2.75) is 25.5 Å². The molecule has 0 aliphatic carbocycles. The second-order valence-electron chi connectivity index (χ2n) is 4.98. The first-order chi connectivity index (χ1) is 11.1. The third kappa shape index (κ3) is 5.45. The molecule has 1 aromatic carbocycles. The molecule has 2 aromatic rings. The van der Waals surface area contributed by atoms with Crippen LogP contribution in [0.25, 0.3) is 0 Å². The van der Waals surface area contributed by atoms with Gasteiger partial charge in [0.15, 0.2) is 5.69 Å². The highest BCUT2D eigenvalue weighted by atomic mass is 32.2. The van der Waals surface area contributed by atoms with Crippen LogP contribution >= 0.6 is 11.8 Å². The van der Waals surface area contributed by atoms with E-state index in [2.05, 4.69) is 15.5 Å². The summed E-state index contributed by atoms with van der Waals surface area (Å²) < 4.78 is 0. The monoisotopic (exact) mass is 333 g/mol. The van der Waals surface area contributed by atoms with Crippen molar-refractivity contribution >= 4 is 29.3 Å². The number of aromatic amines is 1. The van der Waals surface area contributed by atoms with Crippen molar-refractivity contribution < 1.29 is 14.7 Å². The summed E-state index contributed by atoms with van der Waals surface area (Å²) >= 11 is 1.55. The predicted molar refractivity (Wildman–Crippen MR) is 90.8 cm³/mol. The first kappa shape index (κ1) is 17.1. The molecule has 0 fully saturated rings. The first-order valence-corrected chi connectivity index (χ1v) is 8.48. The van der Waals surface area contributed by atoms with Crippen LogP contribution in [-0.2, 0) is 17.0 Å². The van der Waals surface area contributed by atoms with E-state index in [1.54, 1.807) is 17.8 Å². The van der Waals surface area contributed by atoms with Gasteiger partial charge in [0.1, 0.15) is 0 Å². The Labute approximate surface area is 138 Å². The Morgan fingerprint density at radius 1 is 1.35 bits per heavy atom. The molecule has 23 heavy (non-hydrogen) atoms. The van der Waals surface area contributed by atoms with Crippen LogP contribution in [0.2, 0.25) is 0 Å². The van der Waals surface area contributed by atoms with E-state index in [1.807, 2.05) is 31.2 Å². The smallest absolute Gasteiger partial charge is 0.304 e. The molecule has 2 rings (SSSR count). The summed E-state index contributed by atoms with van der Waals surface area (Å²) in [5, 5.41) is 18.2. The number of hydrogen-bond donors (Lipinski definition) is 3. The van der Waals surface area contributed by atoms with Crippen LogP contribution in [0.4, 0.5) is 5.69 Å². The lowest BCUT2D eigenvalue weighted by atomic mass is 10.2. The molecule has 0 aliphatic heterocycles. The van der Waals surface area contributed by atoms with Gasteiger partial charge in [0.05, 0.1) is 6.42 Å². The predicted octanol–water partition coefficient (Wildman–Crippen LogP) is 2.93. The second kappa shape index (κ2) is 8.38. The minimum atomic E-state index is -0.788. The van der Waals surface area contributed by atoms with E-state index in [0.29, 0.717) is 22.9 Å². The van der Waals surface area contributed by atoms with Gasteiger partial charge in [-0.1, -0.05) is 19.1 Å². The molecule has 0 unspecified atom stereocenters. The van der Waals surface area contributed by atoms with Crippen molar-refractivity contribution in [3.8, 4) is 0 Å². The molecule has 6 nitrogen and oxygen atoms in total. The largest absolute Gasteiger partial charge is 0.481 e. The molecule has 1 heterocycles. The summed E-state index contributed by atoms with van der Waals surface area (Å²) in [5.41, 5.74) is 3.02. The molecular weight excluding hydrogens is 314 g/mol. The molecule has 7 heteroatoms. The molecule has 122 valence electrons. The average molecular weight is 333 g/mol. The first-order valence-electron chi connectivity index (χ1n) is 7.32. The number of carbonyl (C=O) groups is 2. The number of nitrogens with zero attached hydrogens (tertiary/aromatic N) is 1. The van der Waals surface area contributed by atoms with Crippen LogP contribution in [-0.4, -0.2) is 32.9 Å². The van der Waals surface area contributed by atoms with Gasteiger partial charge in [0.25, 0.3) is 5.91 Å². The normalized spacial score (nSPS) is 10.5. The van der Waals surface area contributed by atoms with Gasteiger partial charge in [-0.05, 0) is 30.2 Å². The van der Waals surface area contributed by atoms with E-state index in [-0.39, 0.29) is 12.3 Å². The third-order valence-corrected chi connectivity index (χ3v) is 4.19. The van der Waals surface area contributed by atoms with Crippen LogP contribution in [0, 0.1) is 0 Å². The van der Waals surface area contributed by atoms with Crippen LogP contribution in [0.1, 0.15) is 35.1 Å². The zero-order chi connectivity index (χ0) is 16.7. The number of nitrogens with one attached hydrogen (secondary N) is 2. The average Bonchev–Trinajstić information content (AvgIpc) is 3.01. The van der Waals surface area contributed by atoms with Gasteiger partial charge in [0, 0.05) is 22.9 Å². The Morgan fingerprint density at radius 3 is 2.87 bits per heavy atom. The Balaban J connectivity index is 1.91. The van der Waals surface area contributed by atoms with Gasteiger partial charge in [-0.3, -0.25) is 14.7 Å². The van der Waals surface area contributed by atoms with Crippen molar-refractivity contribution in [2.75, 3.05) is 11.1 Å². The number of rotatable bonds is 8. The number of carboxylic acids is 1. The minimum Gasteiger partial charge on any atom is -0.481 e. The van der Waals surface area contributed by atoms with E-state index in [9.17, 15) is 9.59 Å². The van der Waals surface area contributed by atoms with Crippen LogP contribution in [0.5, 0.6) is 0 Å². The second-order valence-corrected chi connectivity index (χ2v) is 6.09. The number of aliphatic carboxylic acids is 1. The molecule has 0 radical (unpaired) electrons. The highest BCUT2D eigenvalue weighted by molar-refractivity contribution is 7.98. The summed E-state index contributed by atoms with van der Waals surface area (Å²) in [4.78, 5) is 22.6. The Bertz CT molecular complexity index is 685. The maximum Gasteiger partial charge on any atom is 0.304 e. The van der Waals surface area contributed by atoms with E-state index in [1.165, 1.54) is 0 Å². The number of aryl methyl sites for hydroxylation is 1. The summed E-state index contributed by atoms with van der Waals surface area (Å²) in [5.74, 6) is 0.235. The number of amides is 1. The zero-order valence-corrected chi connectivity index (χ0v) is 13.7. The van der Waals surface area contributed by atoms with Gasteiger partial charge in [-0.25, -0.2) is 0 Å². The van der Waals surface area contributed by atoms with Gasteiger partial charge < -0.3 is 10.4 Å². The number of aromatic nitrogens is 2. The highest BCUT2D eigenvalue weighted by Crippen LogP contribution is 2.17. The molecule has 0 saturated carbocycles. The van der Waals surface area contributed by atoms with E-state index in [0.717, 1.165) is 17.7 Å². The quantitative estimate of drug-likeness (QED) is 0.646. The van der Waals surface area contributed by atoms with Crippen LogP contribution < -0.4 is 5.32 Å². The summed E-state index contributed by atoms with van der Waals surface area (Å²) in [6.07, 6.45) is 0.948. The molecule has 0 bridgehead atoms. The number of hydrogen-bond acceptors (Lipinski definition) is 4. The van der Waals surface area contributed by atoms with Crippen molar-refractivity contribution in [1.82, 2.24) is 10.2 Å². The summed E-state index contributed by atoms with van der Waals surface area (Å²) in [6.45, 7) is 1.99. The van der Waals surface area contributed by atoms with Gasteiger partial charge in [-0.2, -0.15) is 16.9 Å². The van der Waals surface area contributed by atoms with E-state index >= 15 is 0 Å². The van der Waals surface area contributed by atoms with Crippen molar-refractivity contribution in [3.63, 3.8) is 0 Å². The topological polar surface area (TPSA) is 95.1 Å². The molecular formula is C16H19N3O3S. The number of anilines is 1. The number of benzene rings is 1. The summed E-state index contributed by atoms with van der Waals surface area (Å²) in [7, 11) is 0. The number of carbonyl (C=O) groups excluding carboxylic acids is 1. The fraction of sp³-hybridized carbons (Fsp3) is 0.312. The standard InChI is InChI=1S/C16H19N3O3S/c1-2-12-9-14(19-18-12)16(22)17-13-5-3-4-11(8-13)10-23-7-6-15(20)21/h3-5,8-9H,2,6-7,10H2,1H3,(H,17,22)(H,18,19)(H,20,21). The fourth-order valence-corrected chi connectivity index (χ4v) is 2.82. The molecule has 0 aliphatic rings. The van der Waals surface area contributed by atoms with Crippen LogP contribution in [0.3, 0.4) is 0 Å². The van der Waals surface area contributed by atoms with E-state index in [4.69, 9.17) is 5.11 Å². The zero-order valence-electron chi connectivity index (χ0n) is 12.8. The Kier molecular flexibility index (Phi) is 6.22. The Hall–Kier alpha value is -2.28.